The lowest BCUT2D eigenvalue weighted by Crippen LogP contribution is -2.14. The zero-order valence-corrected chi connectivity index (χ0v) is 9.82. The highest BCUT2D eigenvalue weighted by atomic mass is 16.3. The van der Waals surface area contributed by atoms with Crippen molar-refractivity contribution in [2.45, 2.75) is 26.2 Å². The lowest BCUT2D eigenvalue weighted by molar-refractivity contribution is 0.530. The zero-order valence-electron chi connectivity index (χ0n) is 9.82. The molecule has 1 aliphatic carbocycles. The maximum absolute atomic E-state index is 12.4. The fourth-order valence-electron chi connectivity index (χ4n) is 2.49. The number of aryl methyl sites for hydroxylation is 1. The van der Waals surface area contributed by atoms with Gasteiger partial charge in [-0.15, -0.1) is 0 Å². The molecule has 2 aromatic rings. The van der Waals surface area contributed by atoms with Crippen LogP contribution < -0.4 is 5.43 Å². The molecule has 0 fully saturated rings. The summed E-state index contributed by atoms with van der Waals surface area (Å²) in [7, 11) is 0. The Morgan fingerprint density at radius 3 is 2.94 bits per heavy atom. The summed E-state index contributed by atoms with van der Waals surface area (Å²) in [6, 6.07) is 7.48. The first-order valence-electron chi connectivity index (χ1n) is 6.05. The molecule has 1 aromatic carbocycles. The molecule has 1 aliphatic rings. The summed E-state index contributed by atoms with van der Waals surface area (Å²) in [5, 5.41) is 0.688. The molecule has 1 heterocycles. The Bertz CT molecular complexity index is 662. The molecule has 0 N–H and O–H groups in total. The number of benzene rings is 1. The van der Waals surface area contributed by atoms with E-state index < -0.39 is 0 Å². The van der Waals surface area contributed by atoms with Gasteiger partial charge in [0.2, 0.25) is 0 Å². The van der Waals surface area contributed by atoms with E-state index in [-0.39, 0.29) is 5.43 Å². The molecule has 0 unspecified atom stereocenters. The van der Waals surface area contributed by atoms with Crippen LogP contribution in [0.25, 0.3) is 16.5 Å². The molecule has 0 atom stereocenters. The van der Waals surface area contributed by atoms with Crippen molar-refractivity contribution in [3.63, 3.8) is 0 Å². The third-order valence-corrected chi connectivity index (χ3v) is 3.33. The van der Waals surface area contributed by atoms with E-state index in [1.807, 2.05) is 24.3 Å². The smallest absolute Gasteiger partial charge is 0.200 e. The Morgan fingerprint density at radius 1 is 1.29 bits per heavy atom. The summed E-state index contributed by atoms with van der Waals surface area (Å²) >= 11 is 0. The van der Waals surface area contributed by atoms with Crippen molar-refractivity contribution in [3.8, 4) is 0 Å². The molecule has 17 heavy (non-hydrogen) atoms. The molecular formula is C15H14O2. The Kier molecular flexibility index (Phi) is 2.36. The van der Waals surface area contributed by atoms with Gasteiger partial charge in [-0.1, -0.05) is 25.1 Å². The predicted molar refractivity (Wildman–Crippen MR) is 69.1 cm³/mol. The molecule has 0 saturated heterocycles. The second-order valence-electron chi connectivity index (χ2n) is 4.35. The first-order valence-corrected chi connectivity index (χ1v) is 6.05. The van der Waals surface area contributed by atoms with Crippen molar-refractivity contribution >= 4 is 16.5 Å². The molecule has 0 spiro atoms. The van der Waals surface area contributed by atoms with Gasteiger partial charge in [0.1, 0.15) is 11.3 Å². The Labute approximate surface area is 99.6 Å². The normalized spacial score (nSPS) is 14.5. The van der Waals surface area contributed by atoms with Crippen LogP contribution in [0.1, 0.15) is 31.1 Å². The second kappa shape index (κ2) is 3.88. The van der Waals surface area contributed by atoms with Gasteiger partial charge in [0.25, 0.3) is 0 Å². The van der Waals surface area contributed by atoms with Crippen molar-refractivity contribution in [2.24, 2.45) is 0 Å². The van der Waals surface area contributed by atoms with E-state index in [4.69, 9.17) is 4.42 Å². The molecular weight excluding hydrogens is 212 g/mol. The standard InChI is InChI=1S/C15H14O2/c1-2-10-6-5-9-13-14(10)15(16)11-7-3-4-8-12(11)17-13/h3-4,6-8H,2,5,9H2,1H3. The van der Waals surface area contributed by atoms with E-state index >= 15 is 0 Å². The molecule has 0 saturated carbocycles. The molecule has 2 heteroatoms. The SMILES string of the molecule is CCC1=CCCc2oc3ccccc3c(=O)c21. The quantitative estimate of drug-likeness (QED) is 0.744. The van der Waals surface area contributed by atoms with Crippen LogP contribution in [0.3, 0.4) is 0 Å². The summed E-state index contributed by atoms with van der Waals surface area (Å²) in [5.74, 6) is 0.855. The van der Waals surface area contributed by atoms with Gasteiger partial charge < -0.3 is 4.42 Å². The van der Waals surface area contributed by atoms with Crippen LogP contribution in [-0.4, -0.2) is 0 Å². The van der Waals surface area contributed by atoms with E-state index in [1.54, 1.807) is 0 Å². The summed E-state index contributed by atoms with van der Waals surface area (Å²) in [6.45, 7) is 2.08. The molecule has 0 bridgehead atoms. The average molecular weight is 226 g/mol. The summed E-state index contributed by atoms with van der Waals surface area (Å²) in [4.78, 5) is 12.4. The molecule has 1 aromatic heterocycles. The van der Waals surface area contributed by atoms with Crippen molar-refractivity contribution in [2.75, 3.05) is 0 Å². The van der Waals surface area contributed by atoms with Crippen LogP contribution in [0.4, 0.5) is 0 Å². The molecule has 0 aliphatic heterocycles. The van der Waals surface area contributed by atoms with E-state index in [0.29, 0.717) is 11.0 Å². The third kappa shape index (κ3) is 1.52. The number of para-hydroxylation sites is 1. The predicted octanol–water partition coefficient (Wildman–Crippen LogP) is 3.53. The van der Waals surface area contributed by atoms with Gasteiger partial charge in [-0.3, -0.25) is 4.79 Å². The van der Waals surface area contributed by atoms with Gasteiger partial charge >= 0.3 is 0 Å². The summed E-state index contributed by atoms with van der Waals surface area (Å²) in [5.41, 5.74) is 2.76. The molecule has 0 radical (unpaired) electrons. The topological polar surface area (TPSA) is 30.2 Å². The van der Waals surface area contributed by atoms with E-state index in [0.717, 1.165) is 36.2 Å². The molecule has 0 amide bonds. The monoisotopic (exact) mass is 226 g/mol. The van der Waals surface area contributed by atoms with Crippen molar-refractivity contribution in [3.05, 3.63) is 51.9 Å². The molecule has 3 rings (SSSR count). The van der Waals surface area contributed by atoms with E-state index in [2.05, 4.69) is 13.0 Å². The fourth-order valence-corrected chi connectivity index (χ4v) is 2.49. The van der Waals surface area contributed by atoms with Gasteiger partial charge in [-0.25, -0.2) is 0 Å². The van der Waals surface area contributed by atoms with Crippen LogP contribution in [0.5, 0.6) is 0 Å². The van der Waals surface area contributed by atoms with Crippen LogP contribution in [0.2, 0.25) is 0 Å². The largest absolute Gasteiger partial charge is 0.460 e. The first kappa shape index (κ1) is 10.3. The summed E-state index contributed by atoms with van der Waals surface area (Å²) < 4.78 is 5.86. The van der Waals surface area contributed by atoms with Crippen LogP contribution in [0, 0.1) is 0 Å². The summed E-state index contributed by atoms with van der Waals surface area (Å²) in [6.07, 6.45) is 4.85. The fraction of sp³-hybridized carbons (Fsp3) is 0.267. The number of allylic oxidation sites excluding steroid dienone is 2. The number of rotatable bonds is 1. The lowest BCUT2D eigenvalue weighted by atomic mass is 9.93. The Hall–Kier alpha value is -1.83. The molecule has 86 valence electrons. The lowest BCUT2D eigenvalue weighted by Gasteiger charge is -2.15. The van der Waals surface area contributed by atoms with Gasteiger partial charge in [0, 0.05) is 6.42 Å². The number of hydrogen-bond acceptors (Lipinski definition) is 2. The second-order valence-corrected chi connectivity index (χ2v) is 4.35. The van der Waals surface area contributed by atoms with Crippen LogP contribution in [-0.2, 0) is 6.42 Å². The van der Waals surface area contributed by atoms with Crippen LogP contribution >= 0.6 is 0 Å². The van der Waals surface area contributed by atoms with Gasteiger partial charge in [-0.2, -0.15) is 0 Å². The Morgan fingerprint density at radius 2 is 2.12 bits per heavy atom. The van der Waals surface area contributed by atoms with Crippen molar-refractivity contribution in [1.82, 2.24) is 0 Å². The van der Waals surface area contributed by atoms with Crippen LogP contribution in [0.15, 0.2) is 39.6 Å². The third-order valence-electron chi connectivity index (χ3n) is 3.33. The maximum atomic E-state index is 12.4. The molecule has 2 nitrogen and oxygen atoms in total. The highest BCUT2D eigenvalue weighted by molar-refractivity contribution is 5.82. The van der Waals surface area contributed by atoms with Crippen molar-refractivity contribution < 1.29 is 4.42 Å². The Balaban J connectivity index is 2.41. The minimum absolute atomic E-state index is 0.120. The van der Waals surface area contributed by atoms with E-state index in [9.17, 15) is 4.79 Å². The highest BCUT2D eigenvalue weighted by Crippen LogP contribution is 2.28. The maximum Gasteiger partial charge on any atom is 0.200 e. The van der Waals surface area contributed by atoms with Gasteiger partial charge in [0.05, 0.1) is 10.9 Å². The van der Waals surface area contributed by atoms with E-state index in [1.165, 1.54) is 0 Å². The van der Waals surface area contributed by atoms with Crippen molar-refractivity contribution in [1.29, 1.82) is 0 Å². The minimum Gasteiger partial charge on any atom is -0.460 e. The number of hydrogen-bond donors (Lipinski definition) is 0. The van der Waals surface area contributed by atoms with Gasteiger partial charge in [0.15, 0.2) is 5.43 Å². The number of fused-ring (bicyclic) bond motifs is 2. The zero-order chi connectivity index (χ0) is 11.8. The average Bonchev–Trinajstić information content (AvgIpc) is 2.38. The first-order chi connectivity index (χ1) is 8.31. The highest BCUT2D eigenvalue weighted by Gasteiger charge is 2.19. The minimum atomic E-state index is 0.120. The van der Waals surface area contributed by atoms with Gasteiger partial charge in [-0.05, 0) is 30.5 Å².